The highest BCUT2D eigenvalue weighted by Crippen LogP contribution is 2.29. The van der Waals surface area contributed by atoms with E-state index in [2.05, 4.69) is 29.0 Å². The van der Waals surface area contributed by atoms with Gasteiger partial charge < -0.3 is 4.90 Å². The van der Waals surface area contributed by atoms with Crippen LogP contribution in [0.4, 0.5) is 0 Å². The highest BCUT2D eigenvalue weighted by atomic mass is 35.5. The fourth-order valence-corrected chi connectivity index (χ4v) is 3.46. The first kappa shape index (κ1) is 12.1. The van der Waals surface area contributed by atoms with E-state index in [0.29, 0.717) is 5.28 Å². The van der Waals surface area contributed by atoms with Crippen LogP contribution in [0.15, 0.2) is 16.5 Å². The maximum atomic E-state index is 5.88. The van der Waals surface area contributed by atoms with E-state index in [4.69, 9.17) is 11.6 Å². The van der Waals surface area contributed by atoms with Gasteiger partial charge in [0.05, 0.1) is 0 Å². The molecule has 2 rings (SSSR count). The Morgan fingerprint density at radius 1 is 1.44 bits per heavy atom. The van der Waals surface area contributed by atoms with Crippen molar-refractivity contribution in [3.8, 4) is 0 Å². The van der Waals surface area contributed by atoms with Crippen LogP contribution in [0.25, 0.3) is 10.2 Å². The number of halogens is 1. The Labute approximate surface area is 108 Å². The minimum absolute atomic E-state index is 0.335. The van der Waals surface area contributed by atoms with E-state index in [-0.39, 0.29) is 0 Å². The second-order valence-electron chi connectivity index (χ2n) is 3.59. The first-order valence-corrected chi connectivity index (χ1v) is 7.09. The number of hydrogen-bond acceptors (Lipinski definition) is 5. The average molecular weight is 274 g/mol. The van der Waals surface area contributed by atoms with Gasteiger partial charge in [-0.05, 0) is 37.1 Å². The Morgan fingerprint density at radius 3 is 3.00 bits per heavy atom. The zero-order valence-electron chi connectivity index (χ0n) is 9.11. The summed E-state index contributed by atoms with van der Waals surface area (Å²) >= 11 is 9.21. The number of nitrogens with zero attached hydrogens (tertiary/aromatic N) is 3. The Morgan fingerprint density at radius 2 is 2.25 bits per heavy atom. The molecular formula is C10H12ClN3S2. The SMILES string of the molecule is CN(C)CCSc1nc(Cl)nc2sccc12. The molecule has 0 spiro atoms. The van der Waals surface area contributed by atoms with Crippen molar-refractivity contribution < 1.29 is 0 Å². The van der Waals surface area contributed by atoms with Crippen molar-refractivity contribution in [3.05, 3.63) is 16.7 Å². The fourth-order valence-electron chi connectivity index (χ4n) is 1.24. The second kappa shape index (κ2) is 5.31. The molecule has 0 bridgehead atoms. The Balaban J connectivity index is 2.19. The average Bonchev–Trinajstić information content (AvgIpc) is 2.64. The number of hydrogen-bond donors (Lipinski definition) is 0. The molecule has 0 aliphatic carbocycles. The van der Waals surface area contributed by atoms with Gasteiger partial charge in [-0.15, -0.1) is 23.1 Å². The molecule has 0 radical (unpaired) electrons. The molecular weight excluding hydrogens is 262 g/mol. The van der Waals surface area contributed by atoms with Gasteiger partial charge in [0.1, 0.15) is 9.86 Å². The smallest absolute Gasteiger partial charge is 0.224 e. The highest BCUT2D eigenvalue weighted by molar-refractivity contribution is 7.99. The first-order valence-electron chi connectivity index (χ1n) is 4.85. The number of aromatic nitrogens is 2. The van der Waals surface area contributed by atoms with Crippen molar-refractivity contribution >= 4 is 44.9 Å². The maximum absolute atomic E-state index is 5.88. The predicted molar refractivity (Wildman–Crippen MR) is 71.7 cm³/mol. The largest absolute Gasteiger partial charge is 0.309 e. The lowest BCUT2D eigenvalue weighted by Gasteiger charge is -2.08. The molecule has 0 aliphatic heterocycles. The van der Waals surface area contributed by atoms with E-state index in [1.54, 1.807) is 23.1 Å². The van der Waals surface area contributed by atoms with Crippen LogP contribution < -0.4 is 0 Å². The third-order valence-corrected chi connectivity index (χ3v) is 3.99. The molecule has 6 heteroatoms. The van der Waals surface area contributed by atoms with Crippen LogP contribution >= 0.6 is 34.7 Å². The molecule has 0 saturated carbocycles. The van der Waals surface area contributed by atoms with Crippen LogP contribution in [0.5, 0.6) is 0 Å². The standard InChI is InChI=1S/C10H12ClN3S2/c1-14(2)4-6-16-9-7-3-5-15-8(7)12-10(11)13-9/h3,5H,4,6H2,1-2H3. The summed E-state index contributed by atoms with van der Waals surface area (Å²) in [5.74, 6) is 1.01. The molecule has 0 amide bonds. The normalized spacial score (nSPS) is 11.5. The molecule has 86 valence electrons. The summed E-state index contributed by atoms with van der Waals surface area (Å²) in [5, 5.41) is 4.45. The fraction of sp³-hybridized carbons (Fsp3) is 0.400. The Hall–Kier alpha value is -0.360. The lowest BCUT2D eigenvalue weighted by molar-refractivity contribution is 0.437. The molecule has 0 atom stereocenters. The van der Waals surface area contributed by atoms with Crippen molar-refractivity contribution in [2.24, 2.45) is 0 Å². The van der Waals surface area contributed by atoms with Crippen LogP contribution in [0.3, 0.4) is 0 Å². The summed E-state index contributed by atoms with van der Waals surface area (Å²) in [6.07, 6.45) is 0. The zero-order chi connectivity index (χ0) is 11.5. The summed E-state index contributed by atoms with van der Waals surface area (Å²) < 4.78 is 0. The van der Waals surface area contributed by atoms with Gasteiger partial charge in [-0.25, -0.2) is 9.97 Å². The number of thioether (sulfide) groups is 1. The van der Waals surface area contributed by atoms with Gasteiger partial charge in [-0.3, -0.25) is 0 Å². The van der Waals surface area contributed by atoms with Crippen LogP contribution in [0, 0.1) is 0 Å². The van der Waals surface area contributed by atoms with Gasteiger partial charge in [-0.1, -0.05) is 0 Å². The molecule has 2 aromatic rings. The first-order chi connectivity index (χ1) is 7.66. The summed E-state index contributed by atoms with van der Waals surface area (Å²) in [6, 6.07) is 2.05. The maximum Gasteiger partial charge on any atom is 0.224 e. The summed E-state index contributed by atoms with van der Waals surface area (Å²) in [6.45, 7) is 1.03. The Kier molecular flexibility index (Phi) is 4.02. The number of rotatable bonds is 4. The molecule has 3 nitrogen and oxygen atoms in total. The third-order valence-electron chi connectivity index (χ3n) is 2.04. The van der Waals surface area contributed by atoms with Crippen LogP contribution in [0.1, 0.15) is 0 Å². The molecule has 16 heavy (non-hydrogen) atoms. The topological polar surface area (TPSA) is 29.0 Å². The molecule has 0 aromatic carbocycles. The second-order valence-corrected chi connectivity index (χ2v) is 5.91. The van der Waals surface area contributed by atoms with Crippen molar-refractivity contribution in [1.29, 1.82) is 0 Å². The number of thiophene rings is 1. The van der Waals surface area contributed by atoms with E-state index in [1.807, 2.05) is 11.4 Å². The van der Waals surface area contributed by atoms with Gasteiger partial charge in [0.2, 0.25) is 5.28 Å². The van der Waals surface area contributed by atoms with Gasteiger partial charge in [0.25, 0.3) is 0 Å². The molecule has 0 aliphatic rings. The highest BCUT2D eigenvalue weighted by Gasteiger charge is 2.08. The monoisotopic (exact) mass is 273 g/mol. The predicted octanol–water partition coefficient (Wildman–Crippen LogP) is 3.00. The molecule has 0 unspecified atom stereocenters. The zero-order valence-corrected chi connectivity index (χ0v) is 11.5. The Bertz CT molecular complexity index is 484. The van der Waals surface area contributed by atoms with E-state index >= 15 is 0 Å². The molecule has 2 aromatic heterocycles. The minimum atomic E-state index is 0.335. The quantitative estimate of drug-likeness (QED) is 0.487. The molecule has 0 saturated heterocycles. The van der Waals surface area contributed by atoms with Crippen LogP contribution in [-0.2, 0) is 0 Å². The molecule has 0 N–H and O–H groups in total. The van der Waals surface area contributed by atoms with E-state index < -0.39 is 0 Å². The van der Waals surface area contributed by atoms with Gasteiger partial charge >= 0.3 is 0 Å². The number of fused-ring (bicyclic) bond motifs is 1. The van der Waals surface area contributed by atoms with Crippen molar-refractivity contribution in [2.75, 3.05) is 26.4 Å². The molecule has 2 heterocycles. The van der Waals surface area contributed by atoms with Gasteiger partial charge in [-0.2, -0.15) is 0 Å². The van der Waals surface area contributed by atoms with Crippen molar-refractivity contribution in [3.63, 3.8) is 0 Å². The van der Waals surface area contributed by atoms with Crippen LogP contribution in [-0.4, -0.2) is 41.3 Å². The summed E-state index contributed by atoms with van der Waals surface area (Å²) in [7, 11) is 4.13. The van der Waals surface area contributed by atoms with Crippen molar-refractivity contribution in [1.82, 2.24) is 14.9 Å². The van der Waals surface area contributed by atoms with Gasteiger partial charge in [0, 0.05) is 17.7 Å². The minimum Gasteiger partial charge on any atom is -0.309 e. The third kappa shape index (κ3) is 2.85. The van der Waals surface area contributed by atoms with Crippen molar-refractivity contribution in [2.45, 2.75) is 5.03 Å². The lowest BCUT2D eigenvalue weighted by atomic mass is 10.4. The van der Waals surface area contributed by atoms with E-state index in [9.17, 15) is 0 Å². The molecule has 0 fully saturated rings. The summed E-state index contributed by atoms with van der Waals surface area (Å²) in [5.41, 5.74) is 0. The van der Waals surface area contributed by atoms with E-state index in [1.165, 1.54) is 0 Å². The van der Waals surface area contributed by atoms with Crippen LogP contribution in [0.2, 0.25) is 5.28 Å². The van der Waals surface area contributed by atoms with Gasteiger partial charge in [0.15, 0.2) is 0 Å². The lowest BCUT2D eigenvalue weighted by Crippen LogP contribution is -2.14. The van der Waals surface area contributed by atoms with E-state index in [0.717, 1.165) is 27.5 Å². The summed E-state index contributed by atoms with van der Waals surface area (Å²) in [4.78, 5) is 11.6.